The van der Waals surface area contributed by atoms with Gasteiger partial charge in [-0.25, -0.2) is 4.79 Å². The van der Waals surface area contributed by atoms with Crippen molar-refractivity contribution in [1.29, 1.82) is 0 Å². The first kappa shape index (κ1) is 13.4. The SMILES string of the molecule is O=C(O)c1c(NC2CCCCO2)sc2c1C1CCN2CC1. The molecule has 2 N–H and O–H groups in total. The minimum absolute atomic E-state index is 0.0374. The zero-order valence-corrected chi connectivity index (χ0v) is 12.7. The number of piperidine rings is 1. The molecule has 0 spiro atoms. The van der Waals surface area contributed by atoms with Gasteiger partial charge >= 0.3 is 5.97 Å². The number of ether oxygens (including phenoxy) is 1. The molecule has 2 fully saturated rings. The van der Waals surface area contributed by atoms with Crippen LogP contribution in [-0.4, -0.2) is 37.0 Å². The molecule has 0 aliphatic carbocycles. The number of anilines is 2. The number of carboxylic acid groups (broad SMARTS) is 1. The summed E-state index contributed by atoms with van der Waals surface area (Å²) >= 11 is 1.60. The average Bonchev–Trinajstić information content (AvgIpc) is 2.90. The average molecular weight is 308 g/mol. The molecule has 21 heavy (non-hydrogen) atoms. The van der Waals surface area contributed by atoms with Crippen molar-refractivity contribution in [2.75, 3.05) is 29.9 Å². The Kier molecular flexibility index (Phi) is 3.30. The molecule has 1 atom stereocenters. The van der Waals surface area contributed by atoms with E-state index in [1.54, 1.807) is 11.3 Å². The fourth-order valence-electron chi connectivity index (χ4n) is 3.73. The molecule has 5 rings (SSSR count). The number of carbonyl (C=O) groups is 1. The molecule has 2 saturated heterocycles. The molecule has 114 valence electrons. The van der Waals surface area contributed by atoms with Gasteiger partial charge in [-0.1, -0.05) is 11.3 Å². The maximum absolute atomic E-state index is 11.8. The number of thiophene rings is 1. The van der Waals surface area contributed by atoms with Crippen molar-refractivity contribution in [2.45, 2.75) is 44.2 Å². The summed E-state index contributed by atoms with van der Waals surface area (Å²) in [5.41, 5.74) is 1.57. The molecular weight excluding hydrogens is 288 g/mol. The zero-order chi connectivity index (χ0) is 14.4. The first-order chi connectivity index (χ1) is 10.2. The highest BCUT2D eigenvalue weighted by Crippen LogP contribution is 2.51. The van der Waals surface area contributed by atoms with E-state index in [2.05, 4.69) is 10.2 Å². The van der Waals surface area contributed by atoms with Gasteiger partial charge in [-0.05, 0) is 38.0 Å². The zero-order valence-electron chi connectivity index (χ0n) is 11.9. The van der Waals surface area contributed by atoms with Gasteiger partial charge in [0.15, 0.2) is 0 Å². The molecule has 0 radical (unpaired) electrons. The quantitative estimate of drug-likeness (QED) is 0.898. The predicted molar refractivity (Wildman–Crippen MR) is 82.7 cm³/mol. The molecule has 6 heteroatoms. The van der Waals surface area contributed by atoms with Gasteiger partial charge in [-0.3, -0.25) is 0 Å². The van der Waals surface area contributed by atoms with Crippen LogP contribution in [0.4, 0.5) is 10.0 Å². The Balaban J connectivity index is 1.70. The van der Waals surface area contributed by atoms with Crippen molar-refractivity contribution in [1.82, 2.24) is 0 Å². The van der Waals surface area contributed by atoms with Gasteiger partial charge in [0, 0.05) is 25.3 Å². The Morgan fingerprint density at radius 1 is 1.29 bits per heavy atom. The third-order valence-corrected chi connectivity index (χ3v) is 6.00. The van der Waals surface area contributed by atoms with Gasteiger partial charge in [0.1, 0.15) is 11.2 Å². The van der Waals surface area contributed by atoms with Crippen LogP contribution in [0.5, 0.6) is 0 Å². The predicted octanol–water partition coefficient (Wildman–Crippen LogP) is 3.08. The number of fused-ring (bicyclic) bond motifs is 2. The van der Waals surface area contributed by atoms with Crippen LogP contribution < -0.4 is 10.2 Å². The van der Waals surface area contributed by atoms with E-state index in [0.29, 0.717) is 11.5 Å². The third kappa shape index (κ3) is 2.21. The van der Waals surface area contributed by atoms with Crippen molar-refractivity contribution >= 4 is 27.3 Å². The molecule has 5 heterocycles. The van der Waals surface area contributed by atoms with Crippen LogP contribution in [0.3, 0.4) is 0 Å². The van der Waals surface area contributed by atoms with Crippen molar-refractivity contribution in [3.05, 3.63) is 11.1 Å². The largest absolute Gasteiger partial charge is 0.478 e. The van der Waals surface area contributed by atoms with E-state index in [1.807, 2.05) is 0 Å². The molecule has 0 saturated carbocycles. The van der Waals surface area contributed by atoms with Crippen LogP contribution in [-0.2, 0) is 4.74 Å². The van der Waals surface area contributed by atoms with E-state index in [4.69, 9.17) is 4.74 Å². The molecule has 1 aromatic heterocycles. The van der Waals surface area contributed by atoms with Crippen molar-refractivity contribution in [3.8, 4) is 0 Å². The fourth-order valence-corrected chi connectivity index (χ4v) is 5.10. The summed E-state index contributed by atoms with van der Waals surface area (Å²) in [5.74, 6) is -0.380. The molecule has 5 nitrogen and oxygen atoms in total. The number of aromatic carboxylic acids is 1. The maximum Gasteiger partial charge on any atom is 0.339 e. The van der Waals surface area contributed by atoms with Gasteiger partial charge < -0.3 is 20.1 Å². The Morgan fingerprint density at radius 3 is 2.76 bits per heavy atom. The van der Waals surface area contributed by atoms with Crippen LogP contribution in [0.25, 0.3) is 0 Å². The smallest absolute Gasteiger partial charge is 0.339 e. The van der Waals surface area contributed by atoms with E-state index >= 15 is 0 Å². The lowest BCUT2D eigenvalue weighted by molar-refractivity contribution is 0.0344. The molecule has 1 unspecified atom stereocenters. The Bertz CT molecular complexity index is 558. The summed E-state index contributed by atoms with van der Waals surface area (Å²) in [5, 5.41) is 15.0. The van der Waals surface area contributed by atoms with E-state index in [1.165, 1.54) is 5.00 Å². The second kappa shape index (κ2) is 5.18. The lowest BCUT2D eigenvalue weighted by atomic mass is 9.84. The number of rotatable bonds is 3. The highest BCUT2D eigenvalue weighted by molar-refractivity contribution is 7.20. The fraction of sp³-hybridized carbons (Fsp3) is 0.667. The number of nitrogens with zero attached hydrogens (tertiary/aromatic N) is 1. The van der Waals surface area contributed by atoms with Gasteiger partial charge in [-0.15, -0.1) is 0 Å². The topological polar surface area (TPSA) is 61.8 Å². The van der Waals surface area contributed by atoms with Crippen molar-refractivity contribution < 1.29 is 14.6 Å². The van der Waals surface area contributed by atoms with Crippen molar-refractivity contribution in [2.24, 2.45) is 0 Å². The van der Waals surface area contributed by atoms with E-state index in [0.717, 1.165) is 62.4 Å². The molecule has 4 aliphatic heterocycles. The van der Waals surface area contributed by atoms with E-state index in [-0.39, 0.29) is 6.23 Å². The first-order valence-electron chi connectivity index (χ1n) is 7.77. The highest BCUT2D eigenvalue weighted by atomic mass is 32.1. The lowest BCUT2D eigenvalue weighted by Gasteiger charge is -2.40. The summed E-state index contributed by atoms with van der Waals surface area (Å²) in [7, 11) is 0. The molecular formula is C15H20N2O3S. The minimum Gasteiger partial charge on any atom is -0.478 e. The summed E-state index contributed by atoms with van der Waals surface area (Å²) in [4.78, 5) is 14.1. The van der Waals surface area contributed by atoms with Crippen LogP contribution >= 0.6 is 11.3 Å². The number of hydrogen-bond acceptors (Lipinski definition) is 5. The molecule has 4 aliphatic rings. The molecule has 0 aromatic carbocycles. The Morgan fingerprint density at radius 2 is 2.10 bits per heavy atom. The Labute approximate surface area is 127 Å². The lowest BCUT2D eigenvalue weighted by Crippen LogP contribution is -2.38. The first-order valence-corrected chi connectivity index (χ1v) is 8.59. The molecule has 0 amide bonds. The molecule has 2 bridgehead atoms. The summed E-state index contributed by atoms with van der Waals surface area (Å²) < 4.78 is 5.71. The van der Waals surface area contributed by atoms with E-state index < -0.39 is 5.97 Å². The van der Waals surface area contributed by atoms with Crippen LogP contribution in [0, 0.1) is 0 Å². The van der Waals surface area contributed by atoms with E-state index in [9.17, 15) is 9.90 Å². The normalized spacial score (nSPS) is 25.0. The highest BCUT2D eigenvalue weighted by Gasteiger charge is 2.38. The summed E-state index contributed by atoms with van der Waals surface area (Å²) in [6.45, 7) is 2.90. The molecule has 1 aromatic rings. The standard InChI is InChI=1S/C15H20N2O3S/c18-15(19)12-11-9-4-6-17(7-5-9)14(11)21-13(12)16-10-3-1-2-8-20-10/h9-10,16H,1-8H2,(H,18,19). The maximum atomic E-state index is 11.8. The monoisotopic (exact) mass is 308 g/mol. The van der Waals surface area contributed by atoms with Gasteiger partial charge in [0.25, 0.3) is 0 Å². The van der Waals surface area contributed by atoms with Gasteiger partial charge in [0.05, 0.1) is 10.6 Å². The van der Waals surface area contributed by atoms with Crippen LogP contribution in [0.2, 0.25) is 0 Å². The van der Waals surface area contributed by atoms with Crippen molar-refractivity contribution in [3.63, 3.8) is 0 Å². The summed E-state index contributed by atoms with van der Waals surface area (Å²) in [6, 6.07) is 0. The second-order valence-electron chi connectivity index (χ2n) is 6.09. The minimum atomic E-state index is -0.806. The number of hydrogen-bond donors (Lipinski definition) is 2. The van der Waals surface area contributed by atoms with Crippen LogP contribution in [0.1, 0.15) is 53.9 Å². The third-order valence-electron chi connectivity index (χ3n) is 4.80. The summed E-state index contributed by atoms with van der Waals surface area (Å²) in [6.07, 6.45) is 5.33. The second-order valence-corrected chi connectivity index (χ2v) is 7.09. The number of nitrogens with one attached hydrogen (secondary N) is 1. The number of carboxylic acids is 1. The van der Waals surface area contributed by atoms with Gasteiger partial charge in [-0.2, -0.15) is 0 Å². The Hall–Kier alpha value is -1.27. The van der Waals surface area contributed by atoms with Crippen LogP contribution in [0.15, 0.2) is 0 Å². The van der Waals surface area contributed by atoms with Gasteiger partial charge in [0.2, 0.25) is 0 Å².